The van der Waals surface area contributed by atoms with Crippen molar-refractivity contribution in [1.82, 2.24) is 4.98 Å². The zero-order chi connectivity index (χ0) is 13.2. The van der Waals surface area contributed by atoms with Crippen LogP contribution in [0.3, 0.4) is 0 Å². The predicted octanol–water partition coefficient (Wildman–Crippen LogP) is 2.75. The van der Waals surface area contributed by atoms with Crippen LogP contribution < -0.4 is 5.32 Å². The van der Waals surface area contributed by atoms with E-state index in [0.717, 1.165) is 11.1 Å². The molecule has 2 aromatic rings. The lowest BCUT2D eigenvalue weighted by atomic mass is 10.1. The van der Waals surface area contributed by atoms with Gasteiger partial charge in [-0.05, 0) is 41.4 Å². The molecule has 0 aromatic carbocycles. The highest BCUT2D eigenvalue weighted by Gasteiger charge is 2.23. The second-order valence-electron chi connectivity index (χ2n) is 3.85. The summed E-state index contributed by atoms with van der Waals surface area (Å²) in [5.41, 5.74) is 2.06. The van der Waals surface area contributed by atoms with Crippen LogP contribution in [0.2, 0.25) is 0 Å². The van der Waals surface area contributed by atoms with Crippen LogP contribution >= 0.6 is 18.9 Å². The van der Waals surface area contributed by atoms with E-state index in [4.69, 9.17) is 9.79 Å². The summed E-state index contributed by atoms with van der Waals surface area (Å²) >= 11 is 1.61. The zero-order valence-electron chi connectivity index (χ0n) is 9.65. The molecule has 2 aromatic heterocycles. The van der Waals surface area contributed by atoms with Gasteiger partial charge in [-0.2, -0.15) is 11.3 Å². The lowest BCUT2D eigenvalue weighted by Gasteiger charge is -2.15. The Morgan fingerprint density at radius 3 is 2.61 bits per heavy atom. The van der Waals surface area contributed by atoms with Crippen LogP contribution in [0.15, 0.2) is 35.2 Å². The molecule has 0 aliphatic carbocycles. The van der Waals surface area contributed by atoms with Crippen LogP contribution in [0, 0.1) is 0 Å². The number of rotatable bonds is 4. The maximum absolute atomic E-state index is 11.0. The van der Waals surface area contributed by atoms with E-state index in [0.29, 0.717) is 5.82 Å². The number of nitrogens with one attached hydrogen (secondary N) is 1. The minimum absolute atomic E-state index is 0.449. The van der Waals surface area contributed by atoms with E-state index < -0.39 is 13.4 Å². The lowest BCUT2D eigenvalue weighted by molar-refractivity contribution is 0.364. The van der Waals surface area contributed by atoms with Crippen LogP contribution in [0.5, 0.6) is 0 Å². The van der Waals surface area contributed by atoms with Gasteiger partial charge in [0.25, 0.3) is 0 Å². The van der Waals surface area contributed by atoms with Crippen LogP contribution in [0.25, 0.3) is 11.1 Å². The van der Waals surface area contributed by atoms with Gasteiger partial charge in [-0.25, -0.2) is 4.98 Å². The third-order valence-corrected chi connectivity index (χ3v) is 4.30. The van der Waals surface area contributed by atoms with Gasteiger partial charge in [-0.15, -0.1) is 0 Å². The molecule has 1 atom stereocenters. The molecule has 2 heterocycles. The molecule has 0 saturated heterocycles. The summed E-state index contributed by atoms with van der Waals surface area (Å²) in [6.45, 7) is 1.43. The molecule has 0 amide bonds. The van der Waals surface area contributed by atoms with Gasteiger partial charge < -0.3 is 15.1 Å². The Labute approximate surface area is 109 Å². The third kappa shape index (κ3) is 3.17. The smallest absolute Gasteiger partial charge is 0.347 e. The van der Waals surface area contributed by atoms with Crippen molar-refractivity contribution in [3.8, 4) is 11.1 Å². The highest BCUT2D eigenvalue weighted by molar-refractivity contribution is 7.52. The summed E-state index contributed by atoms with van der Waals surface area (Å²) in [6.07, 6.45) is 1.68. The summed E-state index contributed by atoms with van der Waals surface area (Å²) in [6, 6.07) is 5.57. The first-order valence-electron chi connectivity index (χ1n) is 5.27. The second-order valence-corrected chi connectivity index (χ2v) is 6.59. The molecule has 18 heavy (non-hydrogen) atoms. The van der Waals surface area contributed by atoms with Gasteiger partial charge in [-0.1, -0.05) is 0 Å². The first kappa shape index (κ1) is 13.2. The maximum Gasteiger partial charge on any atom is 0.347 e. The van der Waals surface area contributed by atoms with Crippen molar-refractivity contribution in [3.05, 3.63) is 35.2 Å². The summed E-state index contributed by atoms with van der Waals surface area (Å²) < 4.78 is 11.0. The Morgan fingerprint density at radius 2 is 2.11 bits per heavy atom. The number of thiophene rings is 1. The molecular formula is C11H13N2O3PS. The molecular weight excluding hydrogens is 271 g/mol. The van der Waals surface area contributed by atoms with Crippen molar-refractivity contribution in [2.24, 2.45) is 0 Å². The molecule has 2 rings (SSSR count). The number of nitrogens with zero attached hydrogens (tertiary/aromatic N) is 1. The number of pyridine rings is 1. The average Bonchev–Trinajstić information content (AvgIpc) is 2.82. The largest absolute Gasteiger partial charge is 0.356 e. The number of aromatic nitrogens is 1. The molecule has 0 radical (unpaired) electrons. The molecule has 0 saturated carbocycles. The Bertz CT molecular complexity index is 550. The van der Waals surface area contributed by atoms with Crippen LogP contribution in [0.4, 0.5) is 5.82 Å². The van der Waals surface area contributed by atoms with Gasteiger partial charge in [0.05, 0.1) is 0 Å². The summed E-state index contributed by atoms with van der Waals surface area (Å²) in [4.78, 5) is 22.1. The summed E-state index contributed by atoms with van der Waals surface area (Å²) in [5.74, 6) is -0.498. The highest BCUT2D eigenvalue weighted by Crippen LogP contribution is 2.40. The minimum atomic E-state index is -4.13. The van der Waals surface area contributed by atoms with E-state index in [1.807, 2.05) is 22.9 Å². The molecule has 0 fully saturated rings. The summed E-state index contributed by atoms with van der Waals surface area (Å²) in [7, 11) is -4.13. The number of hydrogen-bond donors (Lipinski definition) is 3. The minimum Gasteiger partial charge on any atom is -0.356 e. The monoisotopic (exact) mass is 284 g/mol. The van der Waals surface area contributed by atoms with Crippen molar-refractivity contribution >= 4 is 24.8 Å². The van der Waals surface area contributed by atoms with Crippen LogP contribution in [0.1, 0.15) is 6.92 Å². The van der Waals surface area contributed by atoms with E-state index in [2.05, 4.69) is 10.3 Å². The molecule has 0 spiro atoms. The molecule has 7 heteroatoms. The second kappa shape index (κ2) is 5.20. The fourth-order valence-corrected chi connectivity index (χ4v) is 2.34. The highest BCUT2D eigenvalue weighted by atomic mass is 32.1. The van der Waals surface area contributed by atoms with Gasteiger partial charge in [-0.3, -0.25) is 4.57 Å². The molecule has 96 valence electrons. The van der Waals surface area contributed by atoms with E-state index in [1.54, 1.807) is 23.6 Å². The Hall–Kier alpha value is -1.20. The number of anilines is 1. The molecule has 5 nitrogen and oxygen atoms in total. The fourth-order valence-electron chi connectivity index (χ4n) is 1.38. The molecule has 3 N–H and O–H groups in total. The first-order chi connectivity index (χ1) is 8.47. The van der Waals surface area contributed by atoms with Gasteiger partial charge in [0.2, 0.25) is 0 Å². The Kier molecular flexibility index (Phi) is 3.82. The Balaban J connectivity index is 2.11. The fraction of sp³-hybridized carbons (Fsp3) is 0.182. The van der Waals surface area contributed by atoms with Crippen molar-refractivity contribution in [3.63, 3.8) is 0 Å². The average molecular weight is 284 g/mol. The molecule has 1 unspecified atom stereocenters. The standard InChI is InChI=1S/C11H13N2O3PS/c1-8(17(14,15)16)13-11-3-2-9(6-12-11)10-4-5-18-7-10/h2-8H,1H3,(H,12,13)(H2,14,15,16). The third-order valence-electron chi connectivity index (χ3n) is 2.48. The van der Waals surface area contributed by atoms with Gasteiger partial charge in [0, 0.05) is 11.8 Å². The van der Waals surface area contributed by atoms with Crippen molar-refractivity contribution in [1.29, 1.82) is 0 Å². The van der Waals surface area contributed by atoms with Gasteiger partial charge >= 0.3 is 7.60 Å². The first-order valence-corrected chi connectivity index (χ1v) is 7.89. The van der Waals surface area contributed by atoms with Crippen LogP contribution in [-0.2, 0) is 4.57 Å². The van der Waals surface area contributed by atoms with E-state index in [-0.39, 0.29) is 0 Å². The summed E-state index contributed by atoms with van der Waals surface area (Å²) in [5, 5.41) is 6.68. The SMILES string of the molecule is CC(Nc1ccc(-c2ccsc2)cn1)P(=O)(O)O. The van der Waals surface area contributed by atoms with Crippen molar-refractivity contribution in [2.75, 3.05) is 5.32 Å². The topological polar surface area (TPSA) is 82.5 Å². The van der Waals surface area contributed by atoms with Crippen molar-refractivity contribution < 1.29 is 14.4 Å². The van der Waals surface area contributed by atoms with E-state index in [9.17, 15) is 4.57 Å². The zero-order valence-corrected chi connectivity index (χ0v) is 11.4. The van der Waals surface area contributed by atoms with Gasteiger partial charge in [0.1, 0.15) is 11.6 Å². The maximum atomic E-state index is 11.0. The molecule has 0 bridgehead atoms. The predicted molar refractivity (Wildman–Crippen MR) is 72.7 cm³/mol. The van der Waals surface area contributed by atoms with Crippen LogP contribution in [-0.4, -0.2) is 20.6 Å². The lowest BCUT2D eigenvalue weighted by Crippen LogP contribution is -2.15. The molecule has 0 aliphatic heterocycles. The quantitative estimate of drug-likeness (QED) is 0.752. The van der Waals surface area contributed by atoms with Crippen molar-refractivity contribution in [2.45, 2.75) is 12.7 Å². The normalized spacial score (nSPS) is 13.3. The van der Waals surface area contributed by atoms with E-state index >= 15 is 0 Å². The molecule has 0 aliphatic rings. The Morgan fingerprint density at radius 1 is 1.33 bits per heavy atom. The number of hydrogen-bond acceptors (Lipinski definition) is 4. The van der Waals surface area contributed by atoms with Gasteiger partial charge in [0.15, 0.2) is 0 Å². The van der Waals surface area contributed by atoms with E-state index in [1.165, 1.54) is 6.92 Å².